The van der Waals surface area contributed by atoms with Gasteiger partial charge in [0.15, 0.2) is 0 Å². The van der Waals surface area contributed by atoms with Crippen LogP contribution in [0.5, 0.6) is 0 Å². The zero-order chi connectivity index (χ0) is 27.1. The molecule has 0 saturated heterocycles. The van der Waals surface area contributed by atoms with Crippen LogP contribution in [0.25, 0.3) is 11.1 Å². The van der Waals surface area contributed by atoms with Crippen molar-refractivity contribution in [3.8, 4) is 0 Å². The number of hydrogen-bond donors (Lipinski definition) is 0. The zero-order valence-corrected chi connectivity index (χ0v) is 22.7. The second kappa shape index (κ2) is 12.6. The summed E-state index contributed by atoms with van der Waals surface area (Å²) in [4.78, 5) is 4.62. The molecule has 0 N–H and O–H groups in total. The van der Waals surface area contributed by atoms with Gasteiger partial charge in [-0.1, -0.05) is 48.5 Å². The molecule has 0 atom stereocenters. The van der Waals surface area contributed by atoms with Crippen molar-refractivity contribution >= 4 is 22.5 Å². The summed E-state index contributed by atoms with van der Waals surface area (Å²) >= 11 is 0. The number of nitrogens with zero attached hydrogens (tertiary/aromatic N) is 2. The first-order valence-corrected chi connectivity index (χ1v) is 13.5. The van der Waals surface area contributed by atoms with Crippen molar-refractivity contribution in [3.63, 3.8) is 0 Å². The third-order valence-corrected chi connectivity index (χ3v) is 7.08. The van der Waals surface area contributed by atoms with E-state index in [1.807, 2.05) is 0 Å². The Morgan fingerprint density at radius 3 is 0.895 bits per heavy atom. The molecule has 4 aromatic carbocycles. The molecule has 4 rings (SSSR count). The van der Waals surface area contributed by atoms with Gasteiger partial charge in [0.1, 0.15) is 11.6 Å². The van der Waals surface area contributed by atoms with Gasteiger partial charge in [0, 0.05) is 37.6 Å². The first-order chi connectivity index (χ1) is 18.5. The van der Waals surface area contributed by atoms with Crippen LogP contribution in [0.4, 0.5) is 20.2 Å². The maximum atomic E-state index is 14.0. The van der Waals surface area contributed by atoms with E-state index in [-0.39, 0.29) is 11.6 Å². The third-order valence-electron chi connectivity index (χ3n) is 7.08. The van der Waals surface area contributed by atoms with Gasteiger partial charge in [-0.25, -0.2) is 8.78 Å². The molecule has 0 aliphatic carbocycles. The average Bonchev–Trinajstić information content (AvgIpc) is 2.95. The van der Waals surface area contributed by atoms with Gasteiger partial charge in [-0.05, 0) is 110 Å². The Morgan fingerprint density at radius 2 is 0.658 bits per heavy atom. The lowest BCUT2D eigenvalue weighted by Crippen LogP contribution is -2.21. The molecule has 0 saturated carbocycles. The van der Waals surface area contributed by atoms with Gasteiger partial charge in [-0.2, -0.15) is 0 Å². The lowest BCUT2D eigenvalue weighted by molar-refractivity contribution is 0.627. The molecule has 2 nitrogen and oxygen atoms in total. The highest BCUT2D eigenvalue weighted by atomic mass is 19.1. The van der Waals surface area contributed by atoms with Crippen molar-refractivity contribution in [3.05, 3.63) is 131 Å². The van der Waals surface area contributed by atoms with E-state index in [1.54, 1.807) is 24.3 Å². The van der Waals surface area contributed by atoms with Crippen LogP contribution in [0.15, 0.2) is 97.1 Å². The number of halogens is 2. The minimum atomic E-state index is -0.291. The third kappa shape index (κ3) is 5.96. The average molecular weight is 511 g/mol. The van der Waals surface area contributed by atoms with Gasteiger partial charge in [0.25, 0.3) is 0 Å². The highest BCUT2D eigenvalue weighted by molar-refractivity contribution is 6.04. The maximum Gasteiger partial charge on any atom is 0.123 e. The molecule has 0 unspecified atom stereocenters. The summed E-state index contributed by atoms with van der Waals surface area (Å²) in [5, 5.41) is 0. The van der Waals surface area contributed by atoms with Crippen LogP contribution in [0.3, 0.4) is 0 Å². The second-order valence-corrected chi connectivity index (χ2v) is 9.20. The Bertz CT molecular complexity index is 1230. The summed E-state index contributed by atoms with van der Waals surface area (Å²) in [7, 11) is 0. The molecule has 0 bridgehead atoms. The highest BCUT2D eigenvalue weighted by Gasteiger charge is 2.18. The SMILES string of the molecule is CCN(CC)c1ccc(C(=C(c2ccc(F)cc2)c2ccc(F)cc2)c2ccc(N(CC)CC)cc2)cc1. The molecule has 196 valence electrons. The first kappa shape index (κ1) is 27.1. The van der Waals surface area contributed by atoms with Crippen LogP contribution >= 0.6 is 0 Å². The van der Waals surface area contributed by atoms with Crippen LogP contribution in [-0.2, 0) is 0 Å². The number of anilines is 2. The van der Waals surface area contributed by atoms with E-state index in [2.05, 4.69) is 86.0 Å². The van der Waals surface area contributed by atoms with Gasteiger partial charge in [0.05, 0.1) is 0 Å². The molecule has 0 spiro atoms. The zero-order valence-electron chi connectivity index (χ0n) is 22.7. The van der Waals surface area contributed by atoms with Crippen molar-refractivity contribution in [1.29, 1.82) is 0 Å². The summed E-state index contributed by atoms with van der Waals surface area (Å²) in [6.07, 6.45) is 0. The van der Waals surface area contributed by atoms with Crippen LogP contribution < -0.4 is 9.80 Å². The van der Waals surface area contributed by atoms with Gasteiger partial charge in [0.2, 0.25) is 0 Å². The van der Waals surface area contributed by atoms with E-state index in [9.17, 15) is 8.78 Å². The molecule has 38 heavy (non-hydrogen) atoms. The van der Waals surface area contributed by atoms with Gasteiger partial charge in [-0.3, -0.25) is 0 Å². The smallest absolute Gasteiger partial charge is 0.123 e. The monoisotopic (exact) mass is 510 g/mol. The van der Waals surface area contributed by atoms with E-state index in [1.165, 1.54) is 35.6 Å². The van der Waals surface area contributed by atoms with E-state index < -0.39 is 0 Å². The fourth-order valence-corrected chi connectivity index (χ4v) is 5.00. The topological polar surface area (TPSA) is 6.48 Å². The normalized spacial score (nSPS) is 10.8. The largest absolute Gasteiger partial charge is 0.372 e. The minimum Gasteiger partial charge on any atom is -0.372 e. The summed E-state index contributed by atoms with van der Waals surface area (Å²) < 4.78 is 27.9. The maximum absolute atomic E-state index is 14.0. The Hall–Kier alpha value is -3.92. The molecule has 0 amide bonds. The minimum absolute atomic E-state index is 0.291. The Kier molecular flexibility index (Phi) is 8.96. The van der Waals surface area contributed by atoms with E-state index in [4.69, 9.17) is 0 Å². The number of rotatable bonds is 10. The number of benzene rings is 4. The van der Waals surface area contributed by atoms with Crippen molar-refractivity contribution in [2.24, 2.45) is 0 Å². The number of hydrogen-bond acceptors (Lipinski definition) is 2. The predicted molar refractivity (Wildman–Crippen MR) is 158 cm³/mol. The van der Waals surface area contributed by atoms with E-state index in [0.717, 1.165) is 59.6 Å². The fraction of sp³-hybridized carbons (Fsp3) is 0.235. The molecule has 4 heteroatoms. The van der Waals surface area contributed by atoms with Crippen LogP contribution in [0.2, 0.25) is 0 Å². The summed E-state index contributed by atoms with van der Waals surface area (Å²) in [6.45, 7) is 12.3. The lowest BCUT2D eigenvalue weighted by Gasteiger charge is -2.23. The Morgan fingerprint density at radius 1 is 0.421 bits per heavy atom. The molecular formula is C34H36F2N2. The Balaban J connectivity index is 1.99. The fourth-order valence-electron chi connectivity index (χ4n) is 5.00. The molecule has 0 aliphatic heterocycles. The van der Waals surface area contributed by atoms with Crippen molar-refractivity contribution < 1.29 is 8.78 Å². The van der Waals surface area contributed by atoms with Crippen molar-refractivity contribution in [2.45, 2.75) is 27.7 Å². The van der Waals surface area contributed by atoms with Crippen molar-refractivity contribution in [1.82, 2.24) is 0 Å². The Labute approximate surface area is 225 Å². The summed E-state index contributed by atoms with van der Waals surface area (Å²) in [5.74, 6) is -0.582. The predicted octanol–water partition coefficient (Wildman–Crippen LogP) is 8.66. The molecule has 0 fully saturated rings. The van der Waals surface area contributed by atoms with Gasteiger partial charge < -0.3 is 9.80 Å². The molecule has 0 heterocycles. The van der Waals surface area contributed by atoms with Crippen LogP contribution in [-0.4, -0.2) is 26.2 Å². The first-order valence-electron chi connectivity index (χ1n) is 13.5. The molecule has 0 radical (unpaired) electrons. The van der Waals surface area contributed by atoms with E-state index in [0.29, 0.717) is 0 Å². The molecule has 4 aromatic rings. The van der Waals surface area contributed by atoms with Crippen LogP contribution in [0, 0.1) is 11.6 Å². The lowest BCUT2D eigenvalue weighted by atomic mass is 9.85. The molecule has 0 aromatic heterocycles. The highest BCUT2D eigenvalue weighted by Crippen LogP contribution is 2.38. The van der Waals surface area contributed by atoms with E-state index >= 15 is 0 Å². The van der Waals surface area contributed by atoms with Crippen molar-refractivity contribution in [2.75, 3.05) is 36.0 Å². The molecular weight excluding hydrogens is 474 g/mol. The second-order valence-electron chi connectivity index (χ2n) is 9.20. The van der Waals surface area contributed by atoms with Gasteiger partial charge in [-0.15, -0.1) is 0 Å². The van der Waals surface area contributed by atoms with Gasteiger partial charge >= 0.3 is 0 Å². The summed E-state index contributed by atoms with van der Waals surface area (Å²) in [5.41, 5.74) is 8.10. The quantitative estimate of drug-likeness (QED) is 0.197. The standard InChI is InChI=1S/C34H36F2N2/c1-5-37(6-2)31-21-13-27(14-22-31)34(28-15-23-32(24-16-28)38(7-3)8-4)33(25-9-17-29(35)18-10-25)26-11-19-30(36)20-12-26/h9-24H,5-8H2,1-4H3. The summed E-state index contributed by atoms with van der Waals surface area (Å²) in [6, 6.07) is 30.3. The van der Waals surface area contributed by atoms with Crippen LogP contribution in [0.1, 0.15) is 49.9 Å². The molecule has 0 aliphatic rings.